The molecule has 1 fully saturated rings. The van der Waals surface area contributed by atoms with Crippen LogP contribution in [0.4, 0.5) is 5.82 Å². The second-order valence-electron chi connectivity index (χ2n) is 6.53. The van der Waals surface area contributed by atoms with E-state index in [1.54, 1.807) is 42.5 Å². The summed E-state index contributed by atoms with van der Waals surface area (Å²) in [7, 11) is 0. The molecular weight excluding hydrogens is 472 g/mol. The molecule has 0 aliphatic carbocycles. The van der Waals surface area contributed by atoms with Crippen molar-refractivity contribution < 1.29 is 14.4 Å². The van der Waals surface area contributed by atoms with Crippen LogP contribution in [0.25, 0.3) is 10.9 Å². The zero-order chi connectivity index (χ0) is 21.3. The number of nitrogens with one attached hydrogen (secondary N) is 1. The van der Waals surface area contributed by atoms with Gasteiger partial charge >= 0.3 is 0 Å². The van der Waals surface area contributed by atoms with Crippen LogP contribution in [0.5, 0.6) is 0 Å². The molecule has 3 heterocycles. The number of primary amides is 1. The van der Waals surface area contributed by atoms with Crippen LogP contribution in [0.1, 0.15) is 10.5 Å². The van der Waals surface area contributed by atoms with E-state index in [-0.39, 0.29) is 24.1 Å². The van der Waals surface area contributed by atoms with Crippen molar-refractivity contribution in [3.63, 3.8) is 0 Å². The summed E-state index contributed by atoms with van der Waals surface area (Å²) in [4.78, 5) is 43.1. The van der Waals surface area contributed by atoms with Gasteiger partial charge in [0.25, 0.3) is 11.8 Å². The van der Waals surface area contributed by atoms with E-state index >= 15 is 0 Å². The molecule has 1 saturated heterocycles. The number of para-hydroxylation sites is 1. The fourth-order valence-electron chi connectivity index (χ4n) is 3.26. The van der Waals surface area contributed by atoms with Gasteiger partial charge in [0.1, 0.15) is 17.0 Å². The molecule has 154 valence electrons. The first-order valence-corrected chi connectivity index (χ1v) is 10.9. The molecule has 9 nitrogen and oxygen atoms in total. The zero-order valence-electron chi connectivity index (χ0n) is 15.6. The van der Waals surface area contributed by atoms with E-state index in [1.165, 1.54) is 21.3 Å². The first-order valence-electron chi connectivity index (χ1n) is 9.04. The third-order valence-electron chi connectivity index (χ3n) is 4.58. The predicted octanol–water partition coefficient (Wildman–Crippen LogP) is 1.83. The van der Waals surface area contributed by atoms with Gasteiger partial charge in [-0.25, -0.2) is 4.98 Å². The fraction of sp³-hybridized carbons (Fsp3) is 0.211. The number of thioether (sulfide) groups is 1. The standard InChI is InChI=1S/C19H17BrN6O3S/c20-13-6-3-7-14(22-13)23-18(29)19-25(8-9-30-19)15(27)10-26-12-5-2-1-4-11(12)16(24-26)17(21)28/h1-7,19H,8-10H2,(H2,21,28)(H,22,23,29)/t19-/m0/s1. The smallest absolute Gasteiger partial charge is 0.269 e. The Morgan fingerprint density at radius 1 is 1.20 bits per heavy atom. The molecule has 11 heteroatoms. The van der Waals surface area contributed by atoms with Gasteiger partial charge in [0.15, 0.2) is 11.1 Å². The number of pyridine rings is 1. The average molecular weight is 489 g/mol. The number of carbonyl (C=O) groups excluding carboxylic acids is 3. The van der Waals surface area contributed by atoms with E-state index in [0.717, 1.165) is 0 Å². The highest BCUT2D eigenvalue weighted by Crippen LogP contribution is 2.26. The van der Waals surface area contributed by atoms with Gasteiger partial charge in [-0.05, 0) is 34.1 Å². The number of anilines is 1. The van der Waals surface area contributed by atoms with E-state index in [0.29, 0.717) is 33.6 Å². The van der Waals surface area contributed by atoms with E-state index in [2.05, 4.69) is 31.3 Å². The fourth-order valence-corrected chi connectivity index (χ4v) is 4.74. The summed E-state index contributed by atoms with van der Waals surface area (Å²) in [5, 5.41) is 6.88. The van der Waals surface area contributed by atoms with Gasteiger partial charge in [-0.1, -0.05) is 24.3 Å². The summed E-state index contributed by atoms with van der Waals surface area (Å²) in [6.07, 6.45) is 0. The maximum atomic E-state index is 13.0. The lowest BCUT2D eigenvalue weighted by molar-refractivity contribution is -0.135. The number of carbonyl (C=O) groups is 3. The van der Waals surface area contributed by atoms with Gasteiger partial charge in [0, 0.05) is 17.7 Å². The summed E-state index contributed by atoms with van der Waals surface area (Å²) in [5.74, 6) is -0.208. The summed E-state index contributed by atoms with van der Waals surface area (Å²) in [6, 6.07) is 12.3. The maximum absolute atomic E-state index is 13.0. The van der Waals surface area contributed by atoms with Crippen LogP contribution >= 0.6 is 27.7 Å². The molecule has 3 aromatic rings. The molecule has 0 bridgehead atoms. The van der Waals surface area contributed by atoms with Crippen molar-refractivity contribution in [1.82, 2.24) is 19.7 Å². The molecule has 4 rings (SSSR count). The number of hydrogen-bond donors (Lipinski definition) is 2. The first kappa shape index (κ1) is 20.4. The SMILES string of the molecule is NC(=O)c1nn(CC(=O)N2CCS[C@H]2C(=O)Nc2cccc(Br)n2)c2ccccc12. The lowest BCUT2D eigenvalue weighted by atomic mass is 10.2. The highest BCUT2D eigenvalue weighted by atomic mass is 79.9. The molecule has 1 aliphatic heterocycles. The minimum absolute atomic E-state index is 0.104. The van der Waals surface area contributed by atoms with Gasteiger partial charge in [0.05, 0.1) is 5.52 Å². The Kier molecular flexibility index (Phi) is 5.73. The molecule has 1 aromatic carbocycles. The number of halogens is 1. The van der Waals surface area contributed by atoms with Crippen molar-refractivity contribution in [2.24, 2.45) is 5.73 Å². The third kappa shape index (κ3) is 4.03. The Morgan fingerprint density at radius 3 is 2.77 bits per heavy atom. The van der Waals surface area contributed by atoms with Gasteiger partial charge in [-0.3, -0.25) is 19.1 Å². The maximum Gasteiger partial charge on any atom is 0.269 e. The number of fused-ring (bicyclic) bond motifs is 1. The van der Waals surface area contributed by atoms with Crippen LogP contribution in [-0.4, -0.2) is 55.1 Å². The van der Waals surface area contributed by atoms with Crippen LogP contribution < -0.4 is 11.1 Å². The number of aromatic nitrogens is 3. The average Bonchev–Trinajstić information content (AvgIpc) is 3.34. The van der Waals surface area contributed by atoms with Crippen LogP contribution in [0.2, 0.25) is 0 Å². The number of hydrogen-bond acceptors (Lipinski definition) is 6. The lowest BCUT2D eigenvalue weighted by Crippen LogP contribution is -2.43. The van der Waals surface area contributed by atoms with Gasteiger partial charge in [-0.15, -0.1) is 11.8 Å². The number of amides is 3. The summed E-state index contributed by atoms with van der Waals surface area (Å²) in [5.41, 5.74) is 6.16. The zero-order valence-corrected chi connectivity index (χ0v) is 18.0. The second kappa shape index (κ2) is 8.44. The molecule has 3 N–H and O–H groups in total. The largest absolute Gasteiger partial charge is 0.364 e. The van der Waals surface area contributed by atoms with Crippen molar-refractivity contribution in [3.8, 4) is 0 Å². The summed E-state index contributed by atoms with van der Waals surface area (Å²) >= 11 is 4.65. The Hall–Kier alpha value is -2.92. The molecule has 1 atom stereocenters. The van der Waals surface area contributed by atoms with Crippen LogP contribution in [-0.2, 0) is 16.1 Å². The van der Waals surface area contributed by atoms with Crippen molar-refractivity contribution in [2.75, 3.05) is 17.6 Å². The minimum atomic E-state index is -0.671. The van der Waals surface area contributed by atoms with Crippen molar-refractivity contribution >= 4 is 62.1 Å². The molecule has 30 heavy (non-hydrogen) atoms. The van der Waals surface area contributed by atoms with Gasteiger partial charge < -0.3 is 16.0 Å². The molecule has 0 spiro atoms. The van der Waals surface area contributed by atoms with Crippen LogP contribution in [0.3, 0.4) is 0 Å². The van der Waals surface area contributed by atoms with Crippen molar-refractivity contribution in [2.45, 2.75) is 11.9 Å². The van der Waals surface area contributed by atoms with E-state index < -0.39 is 11.3 Å². The van der Waals surface area contributed by atoms with E-state index in [4.69, 9.17) is 5.73 Å². The van der Waals surface area contributed by atoms with Crippen LogP contribution in [0, 0.1) is 0 Å². The number of nitrogens with zero attached hydrogens (tertiary/aromatic N) is 4. The predicted molar refractivity (Wildman–Crippen MR) is 117 cm³/mol. The van der Waals surface area contributed by atoms with Gasteiger partial charge in [0.2, 0.25) is 5.91 Å². The van der Waals surface area contributed by atoms with E-state index in [1.807, 2.05) is 0 Å². The number of nitrogens with two attached hydrogens (primary N) is 1. The first-order chi connectivity index (χ1) is 14.4. The lowest BCUT2D eigenvalue weighted by Gasteiger charge is -2.23. The molecule has 0 radical (unpaired) electrons. The van der Waals surface area contributed by atoms with E-state index in [9.17, 15) is 14.4 Å². The minimum Gasteiger partial charge on any atom is -0.364 e. The molecule has 2 aromatic heterocycles. The van der Waals surface area contributed by atoms with Gasteiger partial charge in [-0.2, -0.15) is 5.10 Å². The molecule has 0 saturated carbocycles. The monoisotopic (exact) mass is 488 g/mol. The molecular formula is C19H17BrN6O3S. The highest BCUT2D eigenvalue weighted by molar-refractivity contribution is 9.10. The number of benzene rings is 1. The Bertz CT molecular complexity index is 1150. The summed E-state index contributed by atoms with van der Waals surface area (Å²) < 4.78 is 2.05. The normalized spacial score (nSPS) is 16.0. The third-order valence-corrected chi connectivity index (χ3v) is 6.22. The molecule has 3 amide bonds. The Morgan fingerprint density at radius 2 is 2.00 bits per heavy atom. The van der Waals surface area contributed by atoms with Crippen molar-refractivity contribution in [3.05, 3.63) is 52.8 Å². The highest BCUT2D eigenvalue weighted by Gasteiger charge is 2.35. The Labute approximate surface area is 184 Å². The second-order valence-corrected chi connectivity index (χ2v) is 8.53. The molecule has 0 unspecified atom stereocenters. The summed E-state index contributed by atoms with van der Waals surface area (Å²) in [6.45, 7) is 0.336. The van der Waals surface area contributed by atoms with Crippen LogP contribution in [0.15, 0.2) is 47.1 Å². The van der Waals surface area contributed by atoms with Crippen molar-refractivity contribution in [1.29, 1.82) is 0 Å². The Balaban J connectivity index is 1.52. The quantitative estimate of drug-likeness (QED) is 0.528. The molecule has 1 aliphatic rings. The topological polar surface area (TPSA) is 123 Å². The number of rotatable bonds is 5.